The Morgan fingerprint density at radius 1 is 1.14 bits per heavy atom. The highest BCUT2D eigenvalue weighted by Gasteiger charge is 2.25. The highest BCUT2D eigenvalue weighted by Crippen LogP contribution is 2.21. The van der Waals surface area contributed by atoms with Crippen molar-refractivity contribution >= 4 is 17.5 Å². The standard InChI is InChI=1S/C20H18ClN7O/c1-12-17(25-27-28(12)16-10-6-9-15(21)11-16)20(29)23-18(14-7-4-3-5-8-14)19-22-13(2)24-26-19/h3-11,18H,1-2H3,(H,23,29)(H,22,24,26). The van der Waals surface area contributed by atoms with Crippen LogP contribution in [0.2, 0.25) is 5.02 Å². The molecule has 9 heteroatoms. The molecule has 0 aliphatic rings. The summed E-state index contributed by atoms with van der Waals surface area (Å²) in [4.78, 5) is 17.4. The number of carbonyl (C=O) groups is 1. The van der Waals surface area contributed by atoms with Crippen molar-refractivity contribution in [3.63, 3.8) is 0 Å². The van der Waals surface area contributed by atoms with Gasteiger partial charge < -0.3 is 5.32 Å². The fraction of sp³-hybridized carbons (Fsp3) is 0.150. The number of nitrogens with one attached hydrogen (secondary N) is 2. The lowest BCUT2D eigenvalue weighted by Gasteiger charge is -2.15. The van der Waals surface area contributed by atoms with Crippen LogP contribution < -0.4 is 5.32 Å². The molecule has 0 saturated heterocycles. The van der Waals surface area contributed by atoms with Crippen molar-refractivity contribution in [3.05, 3.63) is 88.2 Å². The van der Waals surface area contributed by atoms with E-state index in [9.17, 15) is 4.79 Å². The summed E-state index contributed by atoms with van der Waals surface area (Å²) < 4.78 is 1.58. The van der Waals surface area contributed by atoms with E-state index in [0.717, 1.165) is 11.3 Å². The average Bonchev–Trinajstić information content (AvgIpc) is 3.32. The van der Waals surface area contributed by atoms with Gasteiger partial charge in [0.15, 0.2) is 11.5 Å². The van der Waals surface area contributed by atoms with Gasteiger partial charge in [-0.3, -0.25) is 9.89 Å². The Morgan fingerprint density at radius 3 is 2.62 bits per heavy atom. The normalized spacial score (nSPS) is 12.0. The van der Waals surface area contributed by atoms with Crippen molar-refractivity contribution in [2.24, 2.45) is 0 Å². The fourth-order valence-electron chi connectivity index (χ4n) is 3.02. The lowest BCUT2D eigenvalue weighted by Crippen LogP contribution is -2.31. The maximum atomic E-state index is 13.0. The third kappa shape index (κ3) is 3.88. The van der Waals surface area contributed by atoms with E-state index in [0.29, 0.717) is 22.4 Å². The summed E-state index contributed by atoms with van der Waals surface area (Å²) in [6, 6.07) is 16.2. The van der Waals surface area contributed by atoms with Crippen LogP contribution in [0.5, 0.6) is 0 Å². The first-order valence-electron chi connectivity index (χ1n) is 8.96. The average molecular weight is 408 g/mol. The molecule has 1 unspecified atom stereocenters. The van der Waals surface area contributed by atoms with Crippen LogP contribution in [-0.4, -0.2) is 36.1 Å². The van der Waals surface area contributed by atoms with Crippen molar-refractivity contribution in [2.75, 3.05) is 0 Å². The maximum Gasteiger partial charge on any atom is 0.274 e. The van der Waals surface area contributed by atoms with Crippen molar-refractivity contribution in [1.82, 2.24) is 35.5 Å². The molecular formula is C20H18ClN7O. The van der Waals surface area contributed by atoms with Crippen LogP contribution in [0.15, 0.2) is 54.6 Å². The van der Waals surface area contributed by atoms with Crippen LogP contribution in [0.3, 0.4) is 0 Å². The summed E-state index contributed by atoms with van der Waals surface area (Å²) in [6.07, 6.45) is 0. The zero-order valence-corrected chi connectivity index (χ0v) is 16.6. The lowest BCUT2D eigenvalue weighted by atomic mass is 10.1. The fourth-order valence-corrected chi connectivity index (χ4v) is 3.21. The third-order valence-electron chi connectivity index (χ3n) is 4.44. The second-order valence-electron chi connectivity index (χ2n) is 6.51. The summed E-state index contributed by atoms with van der Waals surface area (Å²) in [5.74, 6) is 0.771. The van der Waals surface area contributed by atoms with Gasteiger partial charge in [0, 0.05) is 5.02 Å². The molecule has 8 nitrogen and oxygen atoms in total. The van der Waals surface area contributed by atoms with Crippen LogP contribution in [0, 0.1) is 13.8 Å². The highest BCUT2D eigenvalue weighted by atomic mass is 35.5. The van der Waals surface area contributed by atoms with E-state index < -0.39 is 6.04 Å². The van der Waals surface area contributed by atoms with Gasteiger partial charge in [0.2, 0.25) is 0 Å². The Kier molecular flexibility index (Phi) is 5.09. The molecule has 2 heterocycles. The minimum atomic E-state index is -0.524. The van der Waals surface area contributed by atoms with E-state index in [2.05, 4.69) is 30.8 Å². The first-order valence-corrected chi connectivity index (χ1v) is 9.33. The van der Waals surface area contributed by atoms with Gasteiger partial charge in [0.25, 0.3) is 5.91 Å². The number of halogens is 1. The predicted octanol–water partition coefficient (Wildman–Crippen LogP) is 3.18. The zero-order chi connectivity index (χ0) is 20.4. The maximum absolute atomic E-state index is 13.0. The molecule has 1 amide bonds. The van der Waals surface area contributed by atoms with Crippen molar-refractivity contribution in [3.8, 4) is 5.69 Å². The number of carbonyl (C=O) groups excluding carboxylic acids is 1. The van der Waals surface area contributed by atoms with Gasteiger partial charge in [-0.05, 0) is 37.6 Å². The Bertz CT molecular complexity index is 1150. The molecule has 1 atom stereocenters. The summed E-state index contributed by atoms with van der Waals surface area (Å²) in [5.41, 5.74) is 2.41. The molecule has 0 bridgehead atoms. The van der Waals surface area contributed by atoms with Gasteiger partial charge in [0.05, 0.1) is 11.4 Å². The molecule has 2 aromatic carbocycles. The van der Waals surface area contributed by atoms with E-state index in [1.807, 2.05) is 42.5 Å². The Labute approximate surface area is 171 Å². The van der Waals surface area contributed by atoms with Gasteiger partial charge in [-0.1, -0.05) is 53.2 Å². The number of H-pyrrole nitrogens is 1. The summed E-state index contributed by atoms with van der Waals surface area (Å²) in [5, 5.41) is 18.8. The lowest BCUT2D eigenvalue weighted by molar-refractivity contribution is 0.0936. The number of aromatic nitrogens is 6. The first kappa shape index (κ1) is 18.8. The molecule has 2 N–H and O–H groups in total. The van der Waals surface area contributed by atoms with Gasteiger partial charge in [-0.15, -0.1) is 5.10 Å². The van der Waals surface area contributed by atoms with Crippen LogP contribution in [0.1, 0.15) is 39.4 Å². The van der Waals surface area contributed by atoms with Crippen molar-refractivity contribution in [2.45, 2.75) is 19.9 Å². The molecule has 4 aromatic rings. The molecule has 0 saturated carbocycles. The Hall–Kier alpha value is -3.52. The number of aromatic amines is 1. The molecular weight excluding hydrogens is 390 g/mol. The molecule has 0 radical (unpaired) electrons. The molecule has 2 aromatic heterocycles. The number of nitrogens with zero attached hydrogens (tertiary/aromatic N) is 5. The van der Waals surface area contributed by atoms with Crippen molar-refractivity contribution in [1.29, 1.82) is 0 Å². The van der Waals surface area contributed by atoms with Crippen LogP contribution in [0.25, 0.3) is 5.69 Å². The van der Waals surface area contributed by atoms with Crippen molar-refractivity contribution < 1.29 is 4.79 Å². The summed E-state index contributed by atoms with van der Waals surface area (Å²) in [7, 11) is 0. The van der Waals surface area contributed by atoms with Gasteiger partial charge in [-0.2, -0.15) is 5.10 Å². The molecule has 0 aliphatic carbocycles. The van der Waals surface area contributed by atoms with E-state index in [-0.39, 0.29) is 11.6 Å². The van der Waals surface area contributed by atoms with Gasteiger partial charge in [-0.25, -0.2) is 9.67 Å². The van der Waals surface area contributed by atoms with Gasteiger partial charge >= 0.3 is 0 Å². The number of amides is 1. The third-order valence-corrected chi connectivity index (χ3v) is 4.68. The molecule has 0 spiro atoms. The number of hydrogen-bond acceptors (Lipinski definition) is 5. The minimum Gasteiger partial charge on any atom is -0.336 e. The monoisotopic (exact) mass is 407 g/mol. The SMILES string of the molecule is Cc1nc(C(NC(=O)c2nnn(-c3cccc(Cl)c3)c2C)c2ccccc2)n[nH]1. The van der Waals surface area contributed by atoms with E-state index in [1.54, 1.807) is 30.7 Å². The molecule has 0 aliphatic heterocycles. The van der Waals surface area contributed by atoms with E-state index >= 15 is 0 Å². The number of aryl methyl sites for hydroxylation is 1. The highest BCUT2D eigenvalue weighted by molar-refractivity contribution is 6.30. The molecule has 0 fully saturated rings. The predicted molar refractivity (Wildman–Crippen MR) is 108 cm³/mol. The number of hydrogen-bond donors (Lipinski definition) is 2. The first-order chi connectivity index (χ1) is 14.0. The second-order valence-corrected chi connectivity index (χ2v) is 6.95. The van der Waals surface area contributed by atoms with Crippen LogP contribution >= 0.6 is 11.6 Å². The molecule has 29 heavy (non-hydrogen) atoms. The largest absolute Gasteiger partial charge is 0.336 e. The van der Waals surface area contributed by atoms with E-state index in [4.69, 9.17) is 11.6 Å². The summed E-state index contributed by atoms with van der Waals surface area (Å²) in [6.45, 7) is 3.59. The van der Waals surface area contributed by atoms with Crippen LogP contribution in [-0.2, 0) is 0 Å². The number of rotatable bonds is 5. The van der Waals surface area contributed by atoms with Gasteiger partial charge in [0.1, 0.15) is 11.9 Å². The molecule has 4 rings (SSSR count). The Balaban J connectivity index is 1.65. The second kappa shape index (κ2) is 7.84. The van der Waals surface area contributed by atoms with Crippen LogP contribution in [0.4, 0.5) is 0 Å². The smallest absolute Gasteiger partial charge is 0.274 e. The minimum absolute atomic E-state index is 0.221. The summed E-state index contributed by atoms with van der Waals surface area (Å²) >= 11 is 6.07. The Morgan fingerprint density at radius 2 is 1.93 bits per heavy atom. The number of benzene rings is 2. The molecule has 146 valence electrons. The van der Waals surface area contributed by atoms with E-state index in [1.165, 1.54) is 0 Å². The zero-order valence-electron chi connectivity index (χ0n) is 15.8. The topological polar surface area (TPSA) is 101 Å². The quantitative estimate of drug-likeness (QED) is 0.529.